The van der Waals surface area contributed by atoms with Crippen molar-refractivity contribution in [3.05, 3.63) is 36.0 Å². The van der Waals surface area contributed by atoms with E-state index in [0.29, 0.717) is 45.0 Å². The van der Waals surface area contributed by atoms with E-state index < -0.39 is 0 Å². The number of hydrogen-bond acceptors (Lipinski definition) is 7. The molecule has 0 bridgehead atoms. The highest BCUT2D eigenvalue weighted by molar-refractivity contribution is 5.91. The number of furan rings is 1. The summed E-state index contributed by atoms with van der Waals surface area (Å²) in [5, 5.41) is 0. The van der Waals surface area contributed by atoms with E-state index in [-0.39, 0.29) is 11.8 Å². The number of carbonyl (C=O) groups is 2. The predicted octanol–water partition coefficient (Wildman–Crippen LogP) is 1.01. The van der Waals surface area contributed by atoms with Gasteiger partial charge in [-0.1, -0.05) is 0 Å². The maximum absolute atomic E-state index is 12.4. The molecule has 154 valence electrons. The Balaban J connectivity index is 1.41. The molecule has 2 aromatic rings. The van der Waals surface area contributed by atoms with E-state index in [4.69, 9.17) is 4.42 Å². The lowest BCUT2D eigenvalue weighted by Crippen LogP contribution is -2.49. The fraction of sp³-hybridized carbons (Fsp3) is 0.500. The third-order valence-corrected chi connectivity index (χ3v) is 5.48. The Morgan fingerprint density at radius 1 is 0.897 bits per heavy atom. The smallest absolute Gasteiger partial charge is 0.289 e. The third kappa shape index (κ3) is 4.18. The van der Waals surface area contributed by atoms with Crippen molar-refractivity contribution in [2.75, 3.05) is 62.2 Å². The molecule has 4 rings (SSSR count). The van der Waals surface area contributed by atoms with Crippen LogP contribution in [0, 0.1) is 6.92 Å². The van der Waals surface area contributed by atoms with Crippen LogP contribution in [0.3, 0.4) is 0 Å². The van der Waals surface area contributed by atoms with E-state index >= 15 is 0 Å². The van der Waals surface area contributed by atoms with Crippen LogP contribution in [0.5, 0.6) is 0 Å². The summed E-state index contributed by atoms with van der Waals surface area (Å²) in [6.07, 6.45) is 1.52. The number of carbonyl (C=O) groups excluding carboxylic acids is 2. The fourth-order valence-corrected chi connectivity index (χ4v) is 3.81. The van der Waals surface area contributed by atoms with Gasteiger partial charge in [-0.25, -0.2) is 9.97 Å². The molecule has 0 aromatic carbocycles. The average molecular weight is 398 g/mol. The molecule has 0 spiro atoms. The largest absolute Gasteiger partial charge is 0.459 e. The van der Waals surface area contributed by atoms with Crippen LogP contribution in [0.2, 0.25) is 0 Å². The number of nitrogens with zero attached hydrogens (tertiary/aromatic N) is 6. The Hall–Kier alpha value is -3.10. The number of piperazine rings is 2. The quantitative estimate of drug-likeness (QED) is 0.763. The number of anilines is 2. The van der Waals surface area contributed by atoms with E-state index in [0.717, 1.165) is 30.5 Å². The Morgan fingerprint density at radius 2 is 1.45 bits per heavy atom. The number of amides is 2. The van der Waals surface area contributed by atoms with Crippen molar-refractivity contribution in [3.63, 3.8) is 0 Å². The Labute approximate surface area is 169 Å². The lowest BCUT2D eigenvalue weighted by atomic mass is 10.2. The van der Waals surface area contributed by atoms with Crippen molar-refractivity contribution >= 4 is 23.5 Å². The van der Waals surface area contributed by atoms with Crippen molar-refractivity contribution in [1.29, 1.82) is 0 Å². The second-order valence-corrected chi connectivity index (χ2v) is 7.38. The first kappa shape index (κ1) is 19.2. The van der Waals surface area contributed by atoms with Crippen LogP contribution in [-0.4, -0.2) is 83.9 Å². The van der Waals surface area contributed by atoms with Gasteiger partial charge >= 0.3 is 0 Å². The third-order valence-electron chi connectivity index (χ3n) is 5.48. The normalized spacial score (nSPS) is 17.6. The summed E-state index contributed by atoms with van der Waals surface area (Å²) in [6, 6.07) is 5.44. The topological polar surface area (TPSA) is 86.0 Å². The van der Waals surface area contributed by atoms with E-state index in [1.807, 2.05) is 22.8 Å². The van der Waals surface area contributed by atoms with Gasteiger partial charge in [0.1, 0.15) is 17.5 Å². The first-order valence-corrected chi connectivity index (χ1v) is 9.95. The maximum atomic E-state index is 12.4. The molecular formula is C20H26N6O3. The Kier molecular flexibility index (Phi) is 5.37. The molecule has 2 aliphatic heterocycles. The first-order valence-electron chi connectivity index (χ1n) is 9.95. The molecule has 2 saturated heterocycles. The van der Waals surface area contributed by atoms with Crippen LogP contribution in [0.4, 0.5) is 11.6 Å². The van der Waals surface area contributed by atoms with Crippen LogP contribution in [-0.2, 0) is 4.79 Å². The Morgan fingerprint density at radius 3 is 1.93 bits per heavy atom. The summed E-state index contributed by atoms with van der Waals surface area (Å²) in [6.45, 7) is 9.12. The van der Waals surface area contributed by atoms with Gasteiger partial charge in [-0.15, -0.1) is 0 Å². The number of aryl methyl sites for hydroxylation is 1. The molecule has 2 aliphatic rings. The van der Waals surface area contributed by atoms with Gasteiger partial charge in [0.15, 0.2) is 5.76 Å². The highest BCUT2D eigenvalue weighted by Gasteiger charge is 2.26. The van der Waals surface area contributed by atoms with Crippen molar-refractivity contribution in [1.82, 2.24) is 19.8 Å². The second kappa shape index (κ2) is 8.10. The van der Waals surface area contributed by atoms with Crippen LogP contribution < -0.4 is 9.80 Å². The van der Waals surface area contributed by atoms with Crippen molar-refractivity contribution in [2.45, 2.75) is 13.8 Å². The maximum Gasteiger partial charge on any atom is 0.289 e. The molecule has 0 radical (unpaired) electrons. The minimum absolute atomic E-state index is 0.0717. The summed E-state index contributed by atoms with van der Waals surface area (Å²) in [4.78, 5) is 41.3. The zero-order chi connectivity index (χ0) is 20.4. The summed E-state index contributed by atoms with van der Waals surface area (Å²) in [5.74, 6) is 2.92. The summed E-state index contributed by atoms with van der Waals surface area (Å²) in [7, 11) is 0. The minimum Gasteiger partial charge on any atom is -0.459 e. The molecule has 2 amide bonds. The van der Waals surface area contributed by atoms with E-state index in [2.05, 4.69) is 19.8 Å². The Bertz CT molecular complexity index is 868. The van der Waals surface area contributed by atoms with Crippen molar-refractivity contribution in [2.24, 2.45) is 0 Å². The molecule has 9 heteroatoms. The highest BCUT2D eigenvalue weighted by atomic mass is 16.3. The molecule has 0 unspecified atom stereocenters. The summed E-state index contributed by atoms with van der Waals surface area (Å²) >= 11 is 0. The fourth-order valence-electron chi connectivity index (χ4n) is 3.81. The van der Waals surface area contributed by atoms with Crippen LogP contribution in [0.25, 0.3) is 0 Å². The molecular weight excluding hydrogens is 372 g/mol. The van der Waals surface area contributed by atoms with E-state index in [1.165, 1.54) is 6.26 Å². The van der Waals surface area contributed by atoms with Gasteiger partial charge in [0, 0.05) is 65.3 Å². The van der Waals surface area contributed by atoms with Gasteiger partial charge in [0.25, 0.3) is 5.91 Å². The number of rotatable bonds is 3. The predicted molar refractivity (Wildman–Crippen MR) is 108 cm³/mol. The molecule has 2 fully saturated rings. The van der Waals surface area contributed by atoms with Crippen LogP contribution >= 0.6 is 0 Å². The van der Waals surface area contributed by atoms with E-state index in [1.54, 1.807) is 19.1 Å². The van der Waals surface area contributed by atoms with Gasteiger partial charge in [-0.3, -0.25) is 9.59 Å². The average Bonchev–Trinajstić information content (AvgIpc) is 3.28. The van der Waals surface area contributed by atoms with Gasteiger partial charge in [0.2, 0.25) is 5.91 Å². The highest BCUT2D eigenvalue weighted by Crippen LogP contribution is 2.22. The minimum atomic E-state index is -0.0717. The standard InChI is InChI=1S/C20H26N6O3/c1-15-21-18(24-7-5-23(6-8-24)16(2)27)14-19(22-15)25-9-11-26(12-10-25)20(28)17-4-3-13-29-17/h3-4,13-14H,5-12H2,1-2H3. The molecule has 2 aromatic heterocycles. The molecule has 0 atom stereocenters. The second-order valence-electron chi connectivity index (χ2n) is 7.38. The summed E-state index contributed by atoms with van der Waals surface area (Å²) < 4.78 is 5.23. The van der Waals surface area contributed by atoms with E-state index in [9.17, 15) is 9.59 Å². The molecule has 4 heterocycles. The molecule has 0 N–H and O–H groups in total. The van der Waals surface area contributed by atoms with Crippen LogP contribution in [0.1, 0.15) is 23.3 Å². The number of aromatic nitrogens is 2. The van der Waals surface area contributed by atoms with Crippen molar-refractivity contribution < 1.29 is 14.0 Å². The van der Waals surface area contributed by atoms with Gasteiger partial charge < -0.3 is 24.0 Å². The zero-order valence-electron chi connectivity index (χ0n) is 16.9. The van der Waals surface area contributed by atoms with Crippen LogP contribution in [0.15, 0.2) is 28.9 Å². The molecule has 0 saturated carbocycles. The van der Waals surface area contributed by atoms with Gasteiger partial charge in [-0.05, 0) is 19.1 Å². The zero-order valence-corrected chi connectivity index (χ0v) is 16.9. The molecule has 29 heavy (non-hydrogen) atoms. The van der Waals surface area contributed by atoms with Gasteiger partial charge in [0.05, 0.1) is 6.26 Å². The first-order chi connectivity index (χ1) is 14.0. The summed E-state index contributed by atoms with van der Waals surface area (Å²) in [5.41, 5.74) is 0. The molecule has 9 nitrogen and oxygen atoms in total. The number of hydrogen-bond donors (Lipinski definition) is 0. The van der Waals surface area contributed by atoms with Gasteiger partial charge in [-0.2, -0.15) is 0 Å². The monoisotopic (exact) mass is 398 g/mol. The lowest BCUT2D eigenvalue weighted by Gasteiger charge is -2.37. The van der Waals surface area contributed by atoms with Crippen molar-refractivity contribution in [3.8, 4) is 0 Å². The SMILES string of the molecule is CC(=O)N1CCN(c2cc(N3CCN(C(=O)c4ccco4)CC3)nc(C)n2)CC1. The lowest BCUT2D eigenvalue weighted by molar-refractivity contribution is -0.129. The molecule has 0 aliphatic carbocycles.